The Bertz CT molecular complexity index is 784. The highest BCUT2D eigenvalue weighted by Gasteiger charge is 2.05. The average molecular weight is 405 g/mol. The Morgan fingerprint density at radius 3 is 2.71 bits per heavy atom. The molecule has 0 radical (unpaired) electrons. The Hall–Kier alpha value is -1.92. The summed E-state index contributed by atoms with van der Waals surface area (Å²) in [5.74, 6) is 0.783. The molecule has 0 atom stereocenters. The van der Waals surface area contributed by atoms with Crippen LogP contribution in [0.15, 0.2) is 48.5 Å². The van der Waals surface area contributed by atoms with Crippen molar-refractivity contribution in [1.29, 1.82) is 0 Å². The lowest BCUT2D eigenvalue weighted by atomic mass is 10.2. The van der Waals surface area contributed by atoms with Crippen LogP contribution >= 0.6 is 27.3 Å². The van der Waals surface area contributed by atoms with Crippen LogP contribution in [0.5, 0.6) is 5.75 Å². The number of carbonyl (C=O) groups excluding carboxylic acids is 1. The summed E-state index contributed by atoms with van der Waals surface area (Å²) < 4.78 is 6.94. The van der Waals surface area contributed by atoms with Gasteiger partial charge in [-0.3, -0.25) is 4.79 Å². The van der Waals surface area contributed by atoms with Gasteiger partial charge in [0.2, 0.25) is 5.91 Å². The third-order valence-corrected chi connectivity index (χ3v) is 4.95. The number of para-hydroxylation sites is 1. The van der Waals surface area contributed by atoms with Gasteiger partial charge in [0.25, 0.3) is 0 Å². The van der Waals surface area contributed by atoms with Crippen molar-refractivity contribution in [2.24, 2.45) is 0 Å². The number of nitrogens with zero attached hydrogens (tertiary/aromatic N) is 1. The SMILES string of the molecule is O=C(CCCBr)Nc1ccc(OCc2nc3ccccc3s2)cc1. The van der Waals surface area contributed by atoms with Crippen LogP contribution in [-0.2, 0) is 11.4 Å². The molecule has 0 bridgehead atoms. The van der Waals surface area contributed by atoms with E-state index in [1.165, 1.54) is 0 Å². The molecule has 1 heterocycles. The standard InChI is InChI=1S/C18H17BrN2O2S/c19-11-3-6-17(22)20-13-7-9-14(10-8-13)23-12-18-21-15-4-1-2-5-16(15)24-18/h1-2,4-5,7-10H,3,6,11-12H2,(H,20,22). The van der Waals surface area contributed by atoms with E-state index in [-0.39, 0.29) is 5.91 Å². The van der Waals surface area contributed by atoms with Crippen molar-refractivity contribution >= 4 is 49.1 Å². The molecule has 0 aliphatic carbocycles. The molecule has 24 heavy (non-hydrogen) atoms. The van der Waals surface area contributed by atoms with E-state index in [2.05, 4.69) is 32.3 Å². The smallest absolute Gasteiger partial charge is 0.224 e. The number of halogens is 1. The monoisotopic (exact) mass is 404 g/mol. The van der Waals surface area contributed by atoms with Crippen molar-refractivity contribution in [3.63, 3.8) is 0 Å². The van der Waals surface area contributed by atoms with Gasteiger partial charge in [0.15, 0.2) is 0 Å². The zero-order valence-electron chi connectivity index (χ0n) is 13.0. The number of nitrogens with one attached hydrogen (secondary N) is 1. The fourth-order valence-electron chi connectivity index (χ4n) is 2.21. The Balaban J connectivity index is 1.55. The van der Waals surface area contributed by atoms with Crippen LogP contribution in [0.25, 0.3) is 10.2 Å². The largest absolute Gasteiger partial charge is 0.486 e. The molecule has 0 spiro atoms. The predicted octanol–water partition coefficient (Wildman–Crippen LogP) is 4.99. The number of rotatable bonds is 7. The molecule has 124 valence electrons. The van der Waals surface area contributed by atoms with Crippen LogP contribution in [0.1, 0.15) is 17.8 Å². The van der Waals surface area contributed by atoms with Gasteiger partial charge in [-0.05, 0) is 42.8 Å². The number of anilines is 1. The fourth-order valence-corrected chi connectivity index (χ4v) is 3.37. The molecule has 6 heteroatoms. The van der Waals surface area contributed by atoms with Crippen molar-refractivity contribution in [3.05, 3.63) is 53.5 Å². The molecule has 0 aliphatic rings. The van der Waals surface area contributed by atoms with Crippen LogP contribution in [0.3, 0.4) is 0 Å². The quantitative estimate of drug-likeness (QED) is 0.564. The molecular weight excluding hydrogens is 388 g/mol. The number of thiazole rings is 1. The minimum absolute atomic E-state index is 0.0255. The number of hydrogen-bond acceptors (Lipinski definition) is 4. The zero-order valence-corrected chi connectivity index (χ0v) is 15.4. The summed E-state index contributed by atoms with van der Waals surface area (Å²) in [5, 5.41) is 4.65. The molecule has 2 aromatic carbocycles. The number of carbonyl (C=O) groups is 1. The van der Waals surface area contributed by atoms with Gasteiger partial charge in [0.1, 0.15) is 17.4 Å². The summed E-state index contributed by atoms with van der Waals surface area (Å²) in [7, 11) is 0. The third-order valence-electron chi connectivity index (χ3n) is 3.38. The molecule has 0 saturated heterocycles. The minimum atomic E-state index is 0.0255. The molecule has 0 saturated carbocycles. The average Bonchev–Trinajstić information content (AvgIpc) is 3.02. The molecule has 0 unspecified atom stereocenters. The first-order chi connectivity index (χ1) is 11.7. The van der Waals surface area contributed by atoms with Crippen LogP contribution in [0.4, 0.5) is 5.69 Å². The molecule has 0 fully saturated rings. The molecule has 1 aromatic heterocycles. The molecule has 0 aliphatic heterocycles. The van der Waals surface area contributed by atoms with E-state index in [9.17, 15) is 4.79 Å². The highest BCUT2D eigenvalue weighted by Crippen LogP contribution is 2.23. The Labute approximate surface area is 153 Å². The third kappa shape index (κ3) is 4.55. The number of amides is 1. The molecule has 3 rings (SSSR count). The highest BCUT2D eigenvalue weighted by molar-refractivity contribution is 9.09. The van der Waals surface area contributed by atoms with E-state index in [4.69, 9.17) is 4.74 Å². The summed E-state index contributed by atoms with van der Waals surface area (Å²) in [6, 6.07) is 15.5. The van der Waals surface area contributed by atoms with Gasteiger partial charge in [-0.2, -0.15) is 0 Å². The van der Waals surface area contributed by atoms with Crippen LogP contribution < -0.4 is 10.1 Å². The van der Waals surface area contributed by atoms with E-state index in [1.54, 1.807) is 11.3 Å². The summed E-state index contributed by atoms with van der Waals surface area (Å²) in [6.45, 7) is 0.441. The van der Waals surface area contributed by atoms with Gasteiger partial charge in [-0.15, -0.1) is 11.3 Å². The number of alkyl halides is 1. The number of fused-ring (bicyclic) bond motifs is 1. The van der Waals surface area contributed by atoms with Crippen LogP contribution in [0.2, 0.25) is 0 Å². The molecular formula is C18H17BrN2O2S. The normalized spacial score (nSPS) is 10.7. The Kier molecular flexibility index (Phi) is 5.82. The van der Waals surface area contributed by atoms with Crippen molar-refractivity contribution < 1.29 is 9.53 Å². The zero-order chi connectivity index (χ0) is 16.8. The van der Waals surface area contributed by atoms with E-state index >= 15 is 0 Å². The van der Waals surface area contributed by atoms with Crippen LogP contribution in [-0.4, -0.2) is 16.2 Å². The number of hydrogen-bond donors (Lipinski definition) is 1. The molecule has 3 aromatic rings. The fraction of sp³-hybridized carbons (Fsp3) is 0.222. The Morgan fingerprint density at radius 2 is 1.96 bits per heavy atom. The number of aromatic nitrogens is 1. The van der Waals surface area contributed by atoms with E-state index in [0.717, 1.165) is 38.4 Å². The van der Waals surface area contributed by atoms with Crippen LogP contribution in [0, 0.1) is 0 Å². The van der Waals surface area contributed by atoms with Gasteiger partial charge in [0.05, 0.1) is 10.2 Å². The van der Waals surface area contributed by atoms with Crippen molar-refractivity contribution in [2.45, 2.75) is 19.4 Å². The predicted molar refractivity (Wildman–Crippen MR) is 102 cm³/mol. The maximum absolute atomic E-state index is 11.7. The maximum atomic E-state index is 11.7. The highest BCUT2D eigenvalue weighted by atomic mass is 79.9. The van der Waals surface area contributed by atoms with E-state index in [0.29, 0.717) is 13.0 Å². The van der Waals surface area contributed by atoms with Gasteiger partial charge in [-0.1, -0.05) is 28.1 Å². The lowest BCUT2D eigenvalue weighted by molar-refractivity contribution is -0.116. The lowest BCUT2D eigenvalue weighted by Gasteiger charge is -2.07. The second-order valence-corrected chi connectivity index (χ2v) is 7.14. The molecule has 4 nitrogen and oxygen atoms in total. The first-order valence-corrected chi connectivity index (χ1v) is 9.61. The van der Waals surface area contributed by atoms with Gasteiger partial charge < -0.3 is 10.1 Å². The number of ether oxygens (including phenoxy) is 1. The van der Waals surface area contributed by atoms with Crippen molar-refractivity contribution in [3.8, 4) is 5.75 Å². The van der Waals surface area contributed by atoms with Gasteiger partial charge in [0, 0.05) is 17.4 Å². The second kappa shape index (κ2) is 8.26. The molecule has 1 amide bonds. The topological polar surface area (TPSA) is 51.2 Å². The summed E-state index contributed by atoms with van der Waals surface area (Å²) in [5.41, 5.74) is 1.78. The van der Waals surface area contributed by atoms with Gasteiger partial charge in [-0.25, -0.2) is 4.98 Å². The second-order valence-electron chi connectivity index (χ2n) is 5.23. The lowest BCUT2D eigenvalue weighted by Crippen LogP contribution is -2.11. The first-order valence-electron chi connectivity index (χ1n) is 7.68. The van der Waals surface area contributed by atoms with Crippen molar-refractivity contribution in [1.82, 2.24) is 4.98 Å². The summed E-state index contributed by atoms with van der Waals surface area (Å²) in [6.07, 6.45) is 1.34. The summed E-state index contributed by atoms with van der Waals surface area (Å²) >= 11 is 4.96. The van der Waals surface area contributed by atoms with E-state index in [1.807, 2.05) is 42.5 Å². The first kappa shape index (κ1) is 16.9. The maximum Gasteiger partial charge on any atom is 0.224 e. The van der Waals surface area contributed by atoms with Crippen molar-refractivity contribution in [2.75, 3.05) is 10.6 Å². The van der Waals surface area contributed by atoms with E-state index < -0.39 is 0 Å². The molecule has 1 N–H and O–H groups in total. The summed E-state index contributed by atoms with van der Waals surface area (Å²) in [4.78, 5) is 16.2. The number of benzene rings is 2. The minimum Gasteiger partial charge on any atom is -0.486 e. The van der Waals surface area contributed by atoms with Gasteiger partial charge >= 0.3 is 0 Å². The Morgan fingerprint density at radius 1 is 1.17 bits per heavy atom.